The molecule has 0 radical (unpaired) electrons. The Labute approximate surface area is 258 Å². The average molecular weight is 698 g/mol. The fourth-order valence-electron chi connectivity index (χ4n) is 3.77. The van der Waals surface area contributed by atoms with Crippen LogP contribution in [0.3, 0.4) is 0 Å². The molecule has 0 unspecified atom stereocenters. The Kier molecular flexibility index (Phi) is 10.1. The van der Waals surface area contributed by atoms with Crippen molar-refractivity contribution in [1.82, 2.24) is 5.43 Å². The molecule has 0 spiro atoms. The molecular formula is C29H23IN4O9. The van der Waals surface area contributed by atoms with Crippen LogP contribution in [0.5, 0.6) is 28.7 Å². The maximum atomic E-state index is 12.7. The number of nitro benzene ring substituents is 2. The van der Waals surface area contributed by atoms with E-state index in [9.17, 15) is 25.0 Å². The number of carbonyl (C=O) groups excluding carboxylic acids is 1. The molecule has 0 saturated heterocycles. The molecule has 220 valence electrons. The van der Waals surface area contributed by atoms with Crippen molar-refractivity contribution in [2.45, 2.75) is 6.61 Å². The van der Waals surface area contributed by atoms with Crippen molar-refractivity contribution in [1.29, 1.82) is 0 Å². The molecule has 0 aliphatic heterocycles. The van der Waals surface area contributed by atoms with Crippen LogP contribution in [-0.4, -0.2) is 36.2 Å². The predicted molar refractivity (Wildman–Crippen MR) is 164 cm³/mol. The minimum absolute atomic E-state index is 0.155. The first kappa shape index (κ1) is 30.7. The second-order valence-electron chi connectivity index (χ2n) is 8.64. The number of hydrazone groups is 1. The van der Waals surface area contributed by atoms with Crippen molar-refractivity contribution in [3.8, 4) is 28.7 Å². The molecule has 4 aromatic rings. The van der Waals surface area contributed by atoms with Crippen LogP contribution < -0.4 is 24.4 Å². The predicted octanol–water partition coefficient (Wildman–Crippen LogP) is 6.26. The molecule has 13 nitrogen and oxygen atoms in total. The minimum Gasteiger partial charge on any atom is -0.493 e. The maximum Gasteiger partial charge on any atom is 0.318 e. The van der Waals surface area contributed by atoms with E-state index >= 15 is 0 Å². The van der Waals surface area contributed by atoms with Crippen LogP contribution in [0.15, 0.2) is 84.0 Å². The number of nitro groups is 2. The molecule has 0 bridgehead atoms. The van der Waals surface area contributed by atoms with E-state index in [1.165, 1.54) is 20.4 Å². The number of nitrogens with one attached hydrogen (secondary N) is 1. The third kappa shape index (κ3) is 7.73. The van der Waals surface area contributed by atoms with Crippen LogP contribution in [0.4, 0.5) is 11.4 Å². The Bertz CT molecular complexity index is 1700. The number of methoxy groups -OCH3 is 2. The lowest BCUT2D eigenvalue weighted by Crippen LogP contribution is -2.17. The fourth-order valence-corrected chi connectivity index (χ4v) is 4.50. The molecule has 0 fully saturated rings. The van der Waals surface area contributed by atoms with E-state index in [1.54, 1.807) is 30.3 Å². The smallest absolute Gasteiger partial charge is 0.318 e. The second kappa shape index (κ2) is 14.1. The molecule has 1 amide bonds. The highest BCUT2D eigenvalue weighted by atomic mass is 127. The highest BCUT2D eigenvalue weighted by Gasteiger charge is 2.23. The van der Waals surface area contributed by atoms with Gasteiger partial charge in [0.2, 0.25) is 5.75 Å². The van der Waals surface area contributed by atoms with E-state index < -0.39 is 27.1 Å². The first-order chi connectivity index (χ1) is 20.7. The van der Waals surface area contributed by atoms with Gasteiger partial charge in [0.1, 0.15) is 6.61 Å². The molecule has 1 N–H and O–H groups in total. The fraction of sp³-hybridized carbons (Fsp3) is 0.103. The normalized spacial score (nSPS) is 10.7. The van der Waals surface area contributed by atoms with Gasteiger partial charge in [-0.15, -0.1) is 0 Å². The van der Waals surface area contributed by atoms with Gasteiger partial charge in [0.05, 0.1) is 39.9 Å². The van der Waals surface area contributed by atoms with Gasteiger partial charge in [-0.2, -0.15) is 5.10 Å². The maximum absolute atomic E-state index is 12.7. The van der Waals surface area contributed by atoms with Crippen molar-refractivity contribution in [2.75, 3.05) is 14.2 Å². The Balaban J connectivity index is 1.46. The van der Waals surface area contributed by atoms with Crippen molar-refractivity contribution in [2.24, 2.45) is 5.10 Å². The van der Waals surface area contributed by atoms with Crippen molar-refractivity contribution in [3.63, 3.8) is 0 Å². The number of benzene rings is 4. The van der Waals surface area contributed by atoms with Gasteiger partial charge in [-0.1, -0.05) is 30.3 Å². The lowest BCUT2D eigenvalue weighted by atomic mass is 10.2. The van der Waals surface area contributed by atoms with Crippen LogP contribution >= 0.6 is 22.6 Å². The van der Waals surface area contributed by atoms with Crippen molar-refractivity contribution >= 4 is 46.1 Å². The van der Waals surface area contributed by atoms with Crippen LogP contribution in [0.2, 0.25) is 0 Å². The summed E-state index contributed by atoms with van der Waals surface area (Å²) in [5, 5.41) is 26.5. The molecule has 0 heterocycles. The average Bonchev–Trinajstić information content (AvgIpc) is 3.01. The van der Waals surface area contributed by atoms with E-state index in [2.05, 4.69) is 10.5 Å². The number of non-ortho nitro benzene ring substituents is 1. The number of rotatable bonds is 12. The molecule has 0 saturated carbocycles. The van der Waals surface area contributed by atoms with Crippen LogP contribution in [0.1, 0.15) is 21.5 Å². The standard InChI is InChI=1S/C29H23IN4O9/c1-40-26-14-20(8-10-25(26)42-17-18-6-4-3-5-7-18)29(35)32-31-16-19-12-22(30)28(27(13-19)41-2)43-24-11-9-21(33(36)37)15-23(24)34(38)39/h3-16H,17H2,1-2H3,(H,32,35)/b31-16+. The Morgan fingerprint density at radius 2 is 1.60 bits per heavy atom. The SMILES string of the molecule is COc1cc(C(=O)N/N=C/c2cc(I)c(Oc3ccc([N+](=O)[O-])cc3[N+](=O)[O-])c(OC)c2)ccc1OCc1ccccc1. The van der Waals surface area contributed by atoms with Gasteiger partial charge in [0, 0.05) is 11.6 Å². The molecule has 4 rings (SSSR count). The zero-order chi connectivity index (χ0) is 30.9. The Hall–Kier alpha value is -5.25. The molecule has 14 heteroatoms. The number of carbonyl (C=O) groups is 1. The van der Waals surface area contributed by atoms with Gasteiger partial charge in [-0.3, -0.25) is 25.0 Å². The number of hydrogen-bond donors (Lipinski definition) is 1. The van der Waals surface area contributed by atoms with E-state index in [1.807, 2.05) is 52.9 Å². The lowest BCUT2D eigenvalue weighted by Gasteiger charge is -2.13. The zero-order valence-electron chi connectivity index (χ0n) is 22.7. The third-order valence-corrected chi connectivity index (χ3v) is 6.66. The molecule has 43 heavy (non-hydrogen) atoms. The van der Waals surface area contributed by atoms with Gasteiger partial charge in [-0.05, 0) is 70.1 Å². The molecule has 0 aliphatic carbocycles. The molecule has 0 aliphatic rings. The topological polar surface area (TPSA) is 165 Å². The number of halogens is 1. The number of hydrogen-bond acceptors (Lipinski definition) is 10. The summed E-state index contributed by atoms with van der Waals surface area (Å²) in [4.78, 5) is 33.7. The highest BCUT2D eigenvalue weighted by molar-refractivity contribution is 14.1. The summed E-state index contributed by atoms with van der Waals surface area (Å²) in [6, 6.07) is 20.7. The van der Waals surface area contributed by atoms with Gasteiger partial charge in [0.25, 0.3) is 11.6 Å². The summed E-state index contributed by atoms with van der Waals surface area (Å²) in [6.45, 7) is 0.337. The summed E-state index contributed by atoms with van der Waals surface area (Å²) in [7, 11) is 2.86. The third-order valence-electron chi connectivity index (χ3n) is 5.86. The van der Waals surface area contributed by atoms with Gasteiger partial charge >= 0.3 is 5.69 Å². The first-order valence-corrected chi connectivity index (χ1v) is 13.4. The van der Waals surface area contributed by atoms with Crippen molar-refractivity contribution in [3.05, 3.63) is 119 Å². The number of amides is 1. The molecular weight excluding hydrogens is 675 g/mol. The van der Waals surface area contributed by atoms with E-state index in [0.717, 1.165) is 23.8 Å². The summed E-state index contributed by atoms with van der Waals surface area (Å²) in [5.74, 6) is 0.542. The highest BCUT2D eigenvalue weighted by Crippen LogP contribution is 2.41. The van der Waals surface area contributed by atoms with Crippen molar-refractivity contribution < 1.29 is 33.6 Å². The zero-order valence-corrected chi connectivity index (χ0v) is 24.8. The van der Waals surface area contributed by atoms with Crippen LogP contribution in [-0.2, 0) is 6.61 Å². The van der Waals surface area contributed by atoms with Gasteiger partial charge in [0.15, 0.2) is 23.0 Å². The monoisotopic (exact) mass is 698 g/mol. The summed E-state index contributed by atoms with van der Waals surface area (Å²) >= 11 is 1.95. The molecule has 4 aromatic carbocycles. The van der Waals surface area contributed by atoms with Crippen LogP contribution in [0, 0.1) is 23.8 Å². The Morgan fingerprint density at radius 1 is 0.884 bits per heavy atom. The quantitative estimate of drug-likeness (QED) is 0.0778. The number of nitrogens with zero attached hydrogens (tertiary/aromatic N) is 3. The van der Waals surface area contributed by atoms with E-state index in [0.29, 0.717) is 32.8 Å². The largest absolute Gasteiger partial charge is 0.493 e. The summed E-state index contributed by atoms with van der Waals surface area (Å²) in [5.41, 5.74) is 3.23. The second-order valence-corrected chi connectivity index (χ2v) is 9.80. The van der Waals surface area contributed by atoms with Gasteiger partial charge in [-0.25, -0.2) is 5.43 Å². The summed E-state index contributed by atoms with van der Waals surface area (Å²) in [6.07, 6.45) is 1.38. The summed E-state index contributed by atoms with van der Waals surface area (Å²) < 4.78 is 22.9. The van der Waals surface area contributed by atoms with Crippen LogP contribution in [0.25, 0.3) is 0 Å². The minimum atomic E-state index is -0.772. The molecule has 0 atom stereocenters. The Morgan fingerprint density at radius 3 is 2.28 bits per heavy atom. The molecule has 0 aromatic heterocycles. The van der Waals surface area contributed by atoms with E-state index in [-0.39, 0.29) is 17.2 Å². The van der Waals surface area contributed by atoms with E-state index in [4.69, 9.17) is 18.9 Å². The number of ether oxygens (including phenoxy) is 4. The lowest BCUT2D eigenvalue weighted by molar-refractivity contribution is -0.394. The van der Waals surface area contributed by atoms with Gasteiger partial charge < -0.3 is 18.9 Å². The first-order valence-electron chi connectivity index (χ1n) is 12.4.